The van der Waals surface area contributed by atoms with Gasteiger partial charge in [0.05, 0.1) is 0 Å². The molecule has 1 aliphatic carbocycles. The van der Waals surface area contributed by atoms with Crippen molar-refractivity contribution >= 4 is 0 Å². The van der Waals surface area contributed by atoms with Crippen molar-refractivity contribution in [2.75, 3.05) is 20.2 Å². The van der Waals surface area contributed by atoms with Gasteiger partial charge < -0.3 is 10.0 Å². The van der Waals surface area contributed by atoms with E-state index in [2.05, 4.69) is 25.8 Å². The van der Waals surface area contributed by atoms with E-state index in [1.165, 1.54) is 25.7 Å². The van der Waals surface area contributed by atoms with Gasteiger partial charge >= 0.3 is 0 Å². The molecule has 0 bridgehead atoms. The van der Waals surface area contributed by atoms with E-state index in [1.807, 2.05) is 0 Å². The molecule has 0 amide bonds. The molecule has 1 aliphatic rings. The fourth-order valence-corrected chi connectivity index (χ4v) is 2.64. The van der Waals surface area contributed by atoms with Crippen LogP contribution in [0.5, 0.6) is 0 Å². The molecule has 0 aromatic carbocycles. The molecule has 0 radical (unpaired) electrons. The summed E-state index contributed by atoms with van der Waals surface area (Å²) in [6.07, 6.45) is 5.51. The van der Waals surface area contributed by atoms with Gasteiger partial charge in [-0.05, 0) is 31.7 Å². The minimum atomic E-state index is 0.311. The highest BCUT2D eigenvalue weighted by Gasteiger charge is 2.25. The maximum atomic E-state index is 9.02. The lowest BCUT2D eigenvalue weighted by atomic mass is 9.85. The first-order chi connectivity index (χ1) is 6.65. The van der Waals surface area contributed by atoms with Crippen molar-refractivity contribution in [3.63, 3.8) is 0 Å². The van der Waals surface area contributed by atoms with Crippen molar-refractivity contribution in [3.05, 3.63) is 0 Å². The molecule has 3 atom stereocenters. The first-order valence-corrected chi connectivity index (χ1v) is 5.96. The van der Waals surface area contributed by atoms with Crippen LogP contribution >= 0.6 is 0 Å². The van der Waals surface area contributed by atoms with E-state index in [0.29, 0.717) is 12.5 Å². The molecule has 3 unspecified atom stereocenters. The maximum Gasteiger partial charge on any atom is 0.0468 e. The average molecular weight is 199 g/mol. The van der Waals surface area contributed by atoms with Crippen LogP contribution < -0.4 is 0 Å². The molecule has 0 aromatic rings. The van der Waals surface area contributed by atoms with Crippen molar-refractivity contribution in [1.82, 2.24) is 4.90 Å². The highest BCUT2D eigenvalue weighted by Crippen LogP contribution is 2.27. The van der Waals surface area contributed by atoms with E-state index < -0.39 is 0 Å². The van der Waals surface area contributed by atoms with Crippen molar-refractivity contribution in [2.45, 2.75) is 45.6 Å². The molecular weight excluding hydrogens is 174 g/mol. The Morgan fingerprint density at radius 1 is 1.36 bits per heavy atom. The maximum absolute atomic E-state index is 9.02. The van der Waals surface area contributed by atoms with Crippen LogP contribution in [0.3, 0.4) is 0 Å². The van der Waals surface area contributed by atoms with Gasteiger partial charge in [0, 0.05) is 19.2 Å². The normalized spacial score (nSPS) is 30.6. The summed E-state index contributed by atoms with van der Waals surface area (Å²) in [6.45, 7) is 5.82. The Balaban J connectivity index is 2.37. The Morgan fingerprint density at radius 2 is 2.00 bits per heavy atom. The van der Waals surface area contributed by atoms with Crippen molar-refractivity contribution in [1.29, 1.82) is 0 Å². The number of nitrogens with zero attached hydrogens (tertiary/aromatic N) is 1. The largest absolute Gasteiger partial charge is 0.396 e. The second-order valence-electron chi connectivity index (χ2n) is 5.06. The van der Waals surface area contributed by atoms with E-state index in [9.17, 15) is 0 Å². The summed E-state index contributed by atoms with van der Waals surface area (Å²) < 4.78 is 0. The summed E-state index contributed by atoms with van der Waals surface area (Å²) in [5.74, 6) is 1.24. The Labute approximate surface area is 88.3 Å². The van der Waals surface area contributed by atoms with E-state index in [1.54, 1.807) is 0 Å². The summed E-state index contributed by atoms with van der Waals surface area (Å²) >= 11 is 0. The molecular formula is C12H25NO. The van der Waals surface area contributed by atoms with Crippen LogP contribution in [0.1, 0.15) is 39.5 Å². The molecule has 0 aliphatic heterocycles. The lowest BCUT2D eigenvalue weighted by molar-refractivity contribution is 0.107. The highest BCUT2D eigenvalue weighted by atomic mass is 16.3. The molecule has 1 saturated carbocycles. The van der Waals surface area contributed by atoms with Crippen LogP contribution in [0, 0.1) is 11.8 Å². The number of rotatable bonds is 4. The van der Waals surface area contributed by atoms with Gasteiger partial charge in [-0.3, -0.25) is 0 Å². The fraction of sp³-hybridized carbons (Fsp3) is 1.00. The molecule has 2 heteroatoms. The van der Waals surface area contributed by atoms with Crippen LogP contribution in [0.25, 0.3) is 0 Å². The van der Waals surface area contributed by atoms with Gasteiger partial charge in [-0.25, -0.2) is 0 Å². The molecule has 0 heterocycles. The Hall–Kier alpha value is -0.0800. The van der Waals surface area contributed by atoms with E-state index in [0.717, 1.165) is 18.5 Å². The van der Waals surface area contributed by atoms with Crippen molar-refractivity contribution < 1.29 is 5.11 Å². The molecule has 0 aromatic heterocycles. The van der Waals surface area contributed by atoms with E-state index >= 15 is 0 Å². The van der Waals surface area contributed by atoms with Crippen LogP contribution in [0.4, 0.5) is 0 Å². The van der Waals surface area contributed by atoms with Crippen LogP contribution in [-0.2, 0) is 0 Å². The molecule has 1 N–H and O–H groups in total. The highest BCUT2D eigenvalue weighted by molar-refractivity contribution is 4.79. The average Bonchev–Trinajstić information content (AvgIpc) is 2.18. The molecule has 1 rings (SSSR count). The van der Waals surface area contributed by atoms with Crippen LogP contribution in [0.2, 0.25) is 0 Å². The minimum absolute atomic E-state index is 0.311. The number of aliphatic hydroxyl groups is 1. The Bertz CT molecular complexity index is 160. The van der Waals surface area contributed by atoms with Gasteiger partial charge in [-0.2, -0.15) is 0 Å². The third kappa shape index (κ3) is 3.25. The zero-order valence-corrected chi connectivity index (χ0v) is 9.87. The first-order valence-electron chi connectivity index (χ1n) is 5.96. The zero-order valence-electron chi connectivity index (χ0n) is 9.87. The van der Waals surface area contributed by atoms with Crippen molar-refractivity contribution in [2.24, 2.45) is 11.8 Å². The molecule has 1 fully saturated rings. The molecule has 2 nitrogen and oxygen atoms in total. The molecule has 14 heavy (non-hydrogen) atoms. The van der Waals surface area contributed by atoms with Crippen LogP contribution in [0.15, 0.2) is 0 Å². The Morgan fingerprint density at radius 3 is 2.57 bits per heavy atom. The van der Waals surface area contributed by atoms with Gasteiger partial charge in [0.1, 0.15) is 0 Å². The molecule has 84 valence electrons. The Kier molecular flexibility index (Phi) is 4.90. The lowest BCUT2D eigenvalue weighted by Gasteiger charge is -2.37. The smallest absolute Gasteiger partial charge is 0.0468 e. The van der Waals surface area contributed by atoms with E-state index in [-0.39, 0.29) is 0 Å². The fourth-order valence-electron chi connectivity index (χ4n) is 2.64. The monoisotopic (exact) mass is 199 g/mol. The van der Waals surface area contributed by atoms with E-state index in [4.69, 9.17) is 5.11 Å². The second kappa shape index (κ2) is 5.72. The predicted octanol–water partition coefficient (Wildman–Crippen LogP) is 2.13. The zero-order chi connectivity index (χ0) is 10.6. The molecule has 0 spiro atoms. The van der Waals surface area contributed by atoms with Crippen LogP contribution in [-0.4, -0.2) is 36.2 Å². The lowest BCUT2D eigenvalue weighted by Crippen LogP contribution is -2.41. The van der Waals surface area contributed by atoms with Gasteiger partial charge in [-0.15, -0.1) is 0 Å². The topological polar surface area (TPSA) is 23.5 Å². The van der Waals surface area contributed by atoms with Gasteiger partial charge in [0.25, 0.3) is 0 Å². The van der Waals surface area contributed by atoms with Gasteiger partial charge in [0.15, 0.2) is 0 Å². The SMILES string of the molecule is CC(CO)CN(C)C1CCCCC1C. The predicted molar refractivity (Wildman–Crippen MR) is 60.3 cm³/mol. The minimum Gasteiger partial charge on any atom is -0.396 e. The quantitative estimate of drug-likeness (QED) is 0.749. The third-order valence-corrected chi connectivity index (χ3v) is 3.54. The standard InChI is InChI=1S/C12H25NO/c1-10(9-14)8-13(3)12-7-5-4-6-11(12)2/h10-12,14H,4-9H2,1-3H3. The number of hydrogen-bond donors (Lipinski definition) is 1. The van der Waals surface area contributed by atoms with Crippen molar-refractivity contribution in [3.8, 4) is 0 Å². The van der Waals surface area contributed by atoms with Gasteiger partial charge in [-0.1, -0.05) is 26.7 Å². The summed E-state index contributed by atoms with van der Waals surface area (Å²) in [6, 6.07) is 0.748. The summed E-state index contributed by atoms with van der Waals surface area (Å²) in [5.41, 5.74) is 0. The molecule has 0 saturated heterocycles. The number of aliphatic hydroxyl groups excluding tert-OH is 1. The summed E-state index contributed by atoms with van der Waals surface area (Å²) in [4.78, 5) is 2.45. The summed E-state index contributed by atoms with van der Waals surface area (Å²) in [7, 11) is 2.21. The third-order valence-electron chi connectivity index (χ3n) is 3.54. The second-order valence-corrected chi connectivity index (χ2v) is 5.06. The van der Waals surface area contributed by atoms with Gasteiger partial charge in [0.2, 0.25) is 0 Å². The number of hydrogen-bond acceptors (Lipinski definition) is 2. The summed E-state index contributed by atoms with van der Waals surface area (Å²) in [5, 5.41) is 9.02. The first kappa shape index (κ1) is 12.0.